The number of hydrogen-bond acceptors (Lipinski definition) is 6. The van der Waals surface area contributed by atoms with Crippen LogP contribution in [0.2, 0.25) is 0 Å². The van der Waals surface area contributed by atoms with Crippen molar-refractivity contribution in [3.63, 3.8) is 0 Å². The van der Waals surface area contributed by atoms with Crippen LogP contribution >= 0.6 is 0 Å². The molecule has 0 aliphatic carbocycles. The van der Waals surface area contributed by atoms with Gasteiger partial charge < -0.3 is 4.74 Å². The minimum atomic E-state index is -3.23. The van der Waals surface area contributed by atoms with Gasteiger partial charge in [-0.05, 0) is 67.9 Å². The zero-order chi connectivity index (χ0) is 23.5. The number of benzene rings is 2. The maximum atomic E-state index is 11.8. The first kappa shape index (κ1) is 22.6. The van der Waals surface area contributed by atoms with Crippen LogP contribution in [0.15, 0.2) is 71.6 Å². The molecule has 0 unspecified atom stereocenters. The summed E-state index contributed by atoms with van der Waals surface area (Å²) in [4.78, 5) is 7.43. The lowest BCUT2D eigenvalue weighted by Gasteiger charge is -2.14. The van der Waals surface area contributed by atoms with E-state index in [1.54, 1.807) is 28.8 Å². The fourth-order valence-electron chi connectivity index (χ4n) is 4.30. The van der Waals surface area contributed by atoms with Crippen molar-refractivity contribution in [2.75, 3.05) is 32.5 Å². The summed E-state index contributed by atoms with van der Waals surface area (Å²) in [5, 5.41) is 4.72. The molecule has 176 valence electrons. The molecular weight excluding hydrogens is 448 g/mol. The number of hydrogen-bond donors (Lipinski definition) is 0. The molecule has 7 nitrogen and oxygen atoms in total. The van der Waals surface area contributed by atoms with Crippen molar-refractivity contribution in [1.29, 1.82) is 0 Å². The molecule has 4 aromatic rings. The summed E-state index contributed by atoms with van der Waals surface area (Å²) >= 11 is 0. The van der Waals surface area contributed by atoms with Crippen molar-refractivity contribution >= 4 is 15.5 Å². The van der Waals surface area contributed by atoms with E-state index in [1.165, 1.54) is 32.2 Å². The van der Waals surface area contributed by atoms with Crippen LogP contribution < -0.4 is 4.74 Å². The Labute approximate surface area is 199 Å². The fourth-order valence-corrected chi connectivity index (χ4v) is 4.93. The van der Waals surface area contributed by atoms with E-state index >= 15 is 0 Å². The number of nitrogens with zero attached hydrogens (tertiary/aromatic N) is 4. The summed E-state index contributed by atoms with van der Waals surface area (Å²) in [6.07, 6.45) is 4.41. The lowest BCUT2D eigenvalue weighted by molar-refractivity contribution is 0.238. The van der Waals surface area contributed by atoms with Crippen LogP contribution in [-0.2, 0) is 16.3 Å². The molecule has 1 aliphatic heterocycles. The highest BCUT2D eigenvalue weighted by Gasteiger charge is 2.13. The SMILES string of the molecule is CS(=O)(=O)c1ccc(-c2cccc3nc(Cc4ccc(OCCN5CCCC5)cc4)nn23)cc1. The second-order valence-corrected chi connectivity index (χ2v) is 10.7. The smallest absolute Gasteiger partial charge is 0.175 e. The minimum absolute atomic E-state index is 0.297. The second kappa shape index (κ2) is 9.56. The Balaban J connectivity index is 1.28. The average Bonchev–Trinajstić information content (AvgIpc) is 3.49. The molecular formula is C26H28N4O3S. The summed E-state index contributed by atoms with van der Waals surface area (Å²) in [5.41, 5.74) is 3.60. The van der Waals surface area contributed by atoms with Gasteiger partial charge in [-0.25, -0.2) is 17.9 Å². The second-order valence-electron chi connectivity index (χ2n) is 8.72. The number of rotatable bonds is 8. The zero-order valence-electron chi connectivity index (χ0n) is 19.2. The van der Waals surface area contributed by atoms with Crippen LogP contribution in [0.25, 0.3) is 16.9 Å². The molecule has 2 aromatic heterocycles. The lowest BCUT2D eigenvalue weighted by atomic mass is 10.1. The molecule has 5 rings (SSSR count). The average molecular weight is 477 g/mol. The monoisotopic (exact) mass is 476 g/mol. The van der Waals surface area contributed by atoms with Crippen molar-refractivity contribution in [1.82, 2.24) is 19.5 Å². The number of likely N-dealkylation sites (tertiary alicyclic amines) is 1. The topological polar surface area (TPSA) is 76.8 Å². The number of sulfone groups is 1. The van der Waals surface area contributed by atoms with Crippen molar-refractivity contribution in [2.45, 2.75) is 24.2 Å². The maximum absolute atomic E-state index is 11.8. The molecule has 34 heavy (non-hydrogen) atoms. The first-order valence-electron chi connectivity index (χ1n) is 11.5. The Bertz CT molecular complexity index is 1370. The van der Waals surface area contributed by atoms with Gasteiger partial charge in [0.2, 0.25) is 0 Å². The number of pyridine rings is 1. The van der Waals surface area contributed by atoms with Gasteiger partial charge in [-0.2, -0.15) is 5.10 Å². The molecule has 0 saturated carbocycles. The van der Waals surface area contributed by atoms with Crippen LogP contribution in [0.5, 0.6) is 5.75 Å². The maximum Gasteiger partial charge on any atom is 0.175 e. The molecule has 0 spiro atoms. The Kier molecular flexibility index (Phi) is 6.34. The molecule has 1 aliphatic rings. The van der Waals surface area contributed by atoms with Gasteiger partial charge in [0.1, 0.15) is 12.4 Å². The van der Waals surface area contributed by atoms with Crippen LogP contribution in [0.3, 0.4) is 0 Å². The fraction of sp³-hybridized carbons (Fsp3) is 0.308. The minimum Gasteiger partial charge on any atom is -0.492 e. The van der Waals surface area contributed by atoms with E-state index in [9.17, 15) is 8.42 Å². The van der Waals surface area contributed by atoms with Gasteiger partial charge in [0.05, 0.1) is 10.6 Å². The number of ether oxygens (including phenoxy) is 1. The standard InChI is InChI=1S/C26H28N4O3S/c1-34(31,32)23-13-9-21(10-14-23)24-5-4-6-26-27-25(28-30(24)26)19-20-7-11-22(12-8-20)33-18-17-29-15-2-3-16-29/h4-14H,2-3,15-19H2,1H3. The van der Waals surface area contributed by atoms with Crippen LogP contribution in [-0.4, -0.2) is 60.4 Å². The van der Waals surface area contributed by atoms with Crippen molar-refractivity contribution in [2.24, 2.45) is 0 Å². The predicted octanol–water partition coefficient (Wildman–Crippen LogP) is 3.87. The third-order valence-corrected chi connectivity index (χ3v) is 7.27. The van der Waals surface area contributed by atoms with E-state index in [0.29, 0.717) is 17.9 Å². The first-order chi connectivity index (χ1) is 16.5. The van der Waals surface area contributed by atoms with Crippen LogP contribution in [0.4, 0.5) is 0 Å². The molecule has 0 bridgehead atoms. The van der Waals surface area contributed by atoms with Gasteiger partial charge in [0, 0.05) is 24.8 Å². The molecule has 0 atom stereocenters. The highest BCUT2D eigenvalue weighted by molar-refractivity contribution is 7.90. The van der Waals surface area contributed by atoms with Gasteiger partial charge in [-0.3, -0.25) is 4.90 Å². The molecule has 2 aromatic carbocycles. The van der Waals surface area contributed by atoms with E-state index in [1.807, 2.05) is 30.3 Å². The molecule has 1 fully saturated rings. The Hall–Kier alpha value is -3.23. The summed E-state index contributed by atoms with van der Waals surface area (Å²) in [6, 6.07) is 20.8. The highest BCUT2D eigenvalue weighted by Crippen LogP contribution is 2.23. The molecule has 0 N–H and O–H groups in total. The summed E-state index contributed by atoms with van der Waals surface area (Å²) < 4.78 is 31.2. The largest absolute Gasteiger partial charge is 0.492 e. The van der Waals surface area contributed by atoms with Crippen molar-refractivity contribution in [3.8, 4) is 17.0 Å². The Morgan fingerprint density at radius 3 is 2.38 bits per heavy atom. The van der Waals surface area contributed by atoms with Gasteiger partial charge in [-0.1, -0.05) is 30.3 Å². The van der Waals surface area contributed by atoms with Crippen LogP contribution in [0, 0.1) is 0 Å². The number of aromatic nitrogens is 3. The number of fused-ring (bicyclic) bond motifs is 1. The molecule has 8 heteroatoms. The lowest BCUT2D eigenvalue weighted by Crippen LogP contribution is -2.25. The van der Waals surface area contributed by atoms with Gasteiger partial charge in [0.15, 0.2) is 21.3 Å². The first-order valence-corrected chi connectivity index (χ1v) is 13.4. The van der Waals surface area contributed by atoms with E-state index in [0.717, 1.165) is 40.6 Å². The normalized spacial score (nSPS) is 14.6. The van der Waals surface area contributed by atoms with Gasteiger partial charge in [-0.15, -0.1) is 0 Å². The zero-order valence-corrected chi connectivity index (χ0v) is 20.0. The molecule has 1 saturated heterocycles. The van der Waals surface area contributed by atoms with Gasteiger partial charge in [0.25, 0.3) is 0 Å². The van der Waals surface area contributed by atoms with Crippen molar-refractivity contribution < 1.29 is 13.2 Å². The van der Waals surface area contributed by atoms with E-state index < -0.39 is 9.84 Å². The van der Waals surface area contributed by atoms with E-state index in [2.05, 4.69) is 22.0 Å². The molecule has 0 radical (unpaired) electrons. The quantitative estimate of drug-likeness (QED) is 0.384. The Morgan fingerprint density at radius 2 is 1.68 bits per heavy atom. The summed E-state index contributed by atoms with van der Waals surface area (Å²) in [7, 11) is -3.23. The third-order valence-electron chi connectivity index (χ3n) is 6.14. The third kappa shape index (κ3) is 5.13. The summed E-state index contributed by atoms with van der Waals surface area (Å²) in [5.74, 6) is 1.61. The highest BCUT2D eigenvalue weighted by atomic mass is 32.2. The Morgan fingerprint density at radius 1 is 0.941 bits per heavy atom. The van der Waals surface area contributed by atoms with Crippen molar-refractivity contribution in [3.05, 3.63) is 78.1 Å². The van der Waals surface area contributed by atoms with E-state index in [-0.39, 0.29) is 0 Å². The predicted molar refractivity (Wildman–Crippen MR) is 132 cm³/mol. The molecule has 0 amide bonds. The van der Waals surface area contributed by atoms with Gasteiger partial charge >= 0.3 is 0 Å². The van der Waals surface area contributed by atoms with Crippen LogP contribution in [0.1, 0.15) is 24.2 Å². The van der Waals surface area contributed by atoms with E-state index in [4.69, 9.17) is 9.84 Å². The summed E-state index contributed by atoms with van der Waals surface area (Å²) in [6.45, 7) is 4.05. The molecule has 3 heterocycles.